The number of fused-ring (bicyclic) bond motifs is 1. The second kappa shape index (κ2) is 9.19. The Morgan fingerprint density at radius 1 is 1.03 bits per heavy atom. The molecule has 29 heavy (non-hydrogen) atoms. The molecule has 0 fully saturated rings. The van der Waals surface area contributed by atoms with Gasteiger partial charge in [0.15, 0.2) is 0 Å². The maximum atomic E-state index is 12.8. The third-order valence-electron chi connectivity index (χ3n) is 5.33. The van der Waals surface area contributed by atoms with Crippen LogP contribution < -0.4 is 10.2 Å². The molecule has 1 atom stereocenters. The highest BCUT2D eigenvalue weighted by atomic mass is 32.2. The van der Waals surface area contributed by atoms with Crippen LogP contribution in [0.3, 0.4) is 0 Å². The van der Waals surface area contributed by atoms with E-state index in [2.05, 4.69) is 59.6 Å². The van der Waals surface area contributed by atoms with Gasteiger partial charge in [0.1, 0.15) is 0 Å². The molecule has 148 valence electrons. The number of amides is 1. The molecule has 0 bridgehead atoms. The summed E-state index contributed by atoms with van der Waals surface area (Å²) in [5.41, 5.74) is 4.42. The van der Waals surface area contributed by atoms with Crippen molar-refractivity contribution in [2.75, 3.05) is 23.7 Å². The minimum Gasteiger partial charge on any atom is -0.365 e. The summed E-state index contributed by atoms with van der Waals surface area (Å²) in [7, 11) is 0. The standard InChI is InChI=1S/C25H26N2OS/c1-19(21-10-6-3-7-11-21)17-26-25(28)22-12-13-24-23(16-22)27(14-15-29-24)18-20-8-4-2-5-9-20/h2-13,16,19H,14-15,17-18H2,1H3,(H,26,28)/t19-/m1/s1. The summed E-state index contributed by atoms with van der Waals surface area (Å²) in [6.45, 7) is 4.62. The Hall–Kier alpha value is -2.72. The highest BCUT2D eigenvalue weighted by molar-refractivity contribution is 7.99. The van der Waals surface area contributed by atoms with Crippen LogP contribution in [0.25, 0.3) is 0 Å². The van der Waals surface area contributed by atoms with Crippen LogP contribution in [-0.4, -0.2) is 24.7 Å². The number of carbonyl (C=O) groups is 1. The third-order valence-corrected chi connectivity index (χ3v) is 6.38. The quantitative estimate of drug-likeness (QED) is 0.605. The van der Waals surface area contributed by atoms with E-state index in [-0.39, 0.29) is 11.8 Å². The summed E-state index contributed by atoms with van der Waals surface area (Å²) < 4.78 is 0. The Bertz CT molecular complexity index is 959. The van der Waals surface area contributed by atoms with Crippen LogP contribution in [-0.2, 0) is 6.54 Å². The Morgan fingerprint density at radius 2 is 1.76 bits per heavy atom. The van der Waals surface area contributed by atoms with Crippen molar-refractivity contribution in [1.82, 2.24) is 5.32 Å². The minimum atomic E-state index is -0.00850. The summed E-state index contributed by atoms with van der Waals surface area (Å²) in [6, 6.07) is 26.9. The number of nitrogens with zero attached hydrogens (tertiary/aromatic N) is 1. The topological polar surface area (TPSA) is 32.3 Å². The van der Waals surface area contributed by atoms with E-state index >= 15 is 0 Å². The van der Waals surface area contributed by atoms with Crippen LogP contribution in [0.15, 0.2) is 83.8 Å². The lowest BCUT2D eigenvalue weighted by molar-refractivity contribution is 0.0951. The Labute approximate surface area is 177 Å². The van der Waals surface area contributed by atoms with Crippen molar-refractivity contribution in [3.8, 4) is 0 Å². The van der Waals surface area contributed by atoms with E-state index in [1.54, 1.807) is 0 Å². The van der Waals surface area contributed by atoms with Gasteiger partial charge < -0.3 is 10.2 Å². The van der Waals surface area contributed by atoms with Gasteiger partial charge in [-0.3, -0.25) is 4.79 Å². The van der Waals surface area contributed by atoms with Gasteiger partial charge in [-0.1, -0.05) is 67.6 Å². The molecule has 0 aliphatic carbocycles. The molecule has 1 aliphatic heterocycles. The summed E-state index contributed by atoms with van der Waals surface area (Å²) in [4.78, 5) is 16.4. The normalized spacial score (nSPS) is 14.2. The number of hydrogen-bond donors (Lipinski definition) is 1. The van der Waals surface area contributed by atoms with Gasteiger partial charge in [-0.05, 0) is 35.2 Å². The number of thioether (sulfide) groups is 1. The van der Waals surface area contributed by atoms with Gasteiger partial charge in [-0.15, -0.1) is 11.8 Å². The first-order valence-electron chi connectivity index (χ1n) is 10.1. The molecule has 1 N–H and O–H groups in total. The molecule has 0 aromatic heterocycles. The lowest BCUT2D eigenvalue weighted by atomic mass is 10.0. The lowest BCUT2D eigenvalue weighted by Gasteiger charge is -2.31. The van der Waals surface area contributed by atoms with E-state index in [1.165, 1.54) is 16.0 Å². The average molecular weight is 403 g/mol. The van der Waals surface area contributed by atoms with Gasteiger partial charge in [0.05, 0.1) is 5.69 Å². The smallest absolute Gasteiger partial charge is 0.251 e. The summed E-state index contributed by atoms with van der Waals surface area (Å²) in [5, 5.41) is 3.10. The van der Waals surface area contributed by atoms with Crippen LogP contribution in [0.5, 0.6) is 0 Å². The molecule has 3 nitrogen and oxygen atoms in total. The fourth-order valence-corrected chi connectivity index (χ4v) is 4.66. The molecule has 0 saturated carbocycles. The second-order valence-electron chi connectivity index (χ2n) is 7.46. The predicted octanol–water partition coefficient (Wildman–Crippen LogP) is 5.33. The van der Waals surface area contributed by atoms with Gasteiger partial charge in [-0.25, -0.2) is 0 Å². The van der Waals surface area contributed by atoms with Crippen LogP contribution in [0.4, 0.5) is 5.69 Å². The Morgan fingerprint density at radius 3 is 2.52 bits per heavy atom. The fourth-order valence-electron chi connectivity index (χ4n) is 3.63. The molecule has 0 spiro atoms. The maximum Gasteiger partial charge on any atom is 0.251 e. The van der Waals surface area contributed by atoms with E-state index in [9.17, 15) is 4.79 Å². The molecule has 1 amide bonds. The van der Waals surface area contributed by atoms with Gasteiger partial charge in [0, 0.05) is 35.8 Å². The zero-order valence-electron chi connectivity index (χ0n) is 16.7. The molecule has 1 heterocycles. The van der Waals surface area contributed by atoms with E-state index in [0.29, 0.717) is 6.54 Å². The molecule has 0 radical (unpaired) electrons. The first kappa shape index (κ1) is 19.6. The summed E-state index contributed by atoms with van der Waals surface area (Å²) in [6.07, 6.45) is 0. The molecule has 3 aromatic carbocycles. The number of hydrogen-bond acceptors (Lipinski definition) is 3. The minimum absolute atomic E-state index is 0.00850. The van der Waals surface area contributed by atoms with E-state index in [1.807, 2.05) is 48.2 Å². The number of carbonyl (C=O) groups excluding carboxylic acids is 1. The molecule has 4 heteroatoms. The van der Waals surface area contributed by atoms with Gasteiger partial charge in [0.25, 0.3) is 5.91 Å². The highest BCUT2D eigenvalue weighted by Crippen LogP contribution is 2.36. The van der Waals surface area contributed by atoms with Crippen molar-refractivity contribution in [3.63, 3.8) is 0 Å². The predicted molar refractivity (Wildman–Crippen MR) is 122 cm³/mol. The van der Waals surface area contributed by atoms with Crippen molar-refractivity contribution in [2.24, 2.45) is 0 Å². The first-order valence-corrected chi connectivity index (χ1v) is 11.1. The van der Waals surface area contributed by atoms with Crippen LogP contribution in [0, 0.1) is 0 Å². The van der Waals surface area contributed by atoms with Crippen molar-refractivity contribution in [1.29, 1.82) is 0 Å². The SMILES string of the molecule is C[C@H](CNC(=O)c1ccc2c(c1)N(Cc1ccccc1)CCS2)c1ccccc1. The zero-order valence-corrected chi connectivity index (χ0v) is 17.5. The Kier molecular flexibility index (Phi) is 6.20. The summed E-state index contributed by atoms with van der Waals surface area (Å²) in [5.74, 6) is 1.34. The van der Waals surface area contributed by atoms with E-state index < -0.39 is 0 Å². The van der Waals surface area contributed by atoms with Gasteiger partial charge >= 0.3 is 0 Å². The molecular formula is C25H26N2OS. The number of nitrogens with one attached hydrogen (secondary N) is 1. The monoisotopic (exact) mass is 402 g/mol. The van der Waals surface area contributed by atoms with Crippen molar-refractivity contribution < 1.29 is 4.79 Å². The van der Waals surface area contributed by atoms with E-state index in [4.69, 9.17) is 0 Å². The van der Waals surface area contributed by atoms with Crippen LogP contribution in [0.2, 0.25) is 0 Å². The second-order valence-corrected chi connectivity index (χ2v) is 8.60. The van der Waals surface area contributed by atoms with E-state index in [0.717, 1.165) is 30.1 Å². The van der Waals surface area contributed by atoms with Crippen molar-refractivity contribution in [3.05, 3.63) is 95.6 Å². The van der Waals surface area contributed by atoms with Crippen LogP contribution in [0.1, 0.15) is 34.3 Å². The molecule has 0 unspecified atom stereocenters. The molecular weight excluding hydrogens is 376 g/mol. The molecule has 1 aliphatic rings. The van der Waals surface area contributed by atoms with Crippen molar-refractivity contribution >= 4 is 23.4 Å². The number of benzene rings is 3. The third kappa shape index (κ3) is 4.83. The van der Waals surface area contributed by atoms with Crippen LogP contribution >= 0.6 is 11.8 Å². The fraction of sp³-hybridized carbons (Fsp3) is 0.240. The summed E-state index contributed by atoms with van der Waals surface area (Å²) >= 11 is 1.87. The maximum absolute atomic E-state index is 12.8. The molecule has 3 aromatic rings. The number of rotatable bonds is 6. The van der Waals surface area contributed by atoms with Gasteiger partial charge in [0.2, 0.25) is 0 Å². The lowest BCUT2D eigenvalue weighted by Crippen LogP contribution is -2.30. The van der Waals surface area contributed by atoms with Gasteiger partial charge in [-0.2, -0.15) is 0 Å². The highest BCUT2D eigenvalue weighted by Gasteiger charge is 2.20. The Balaban J connectivity index is 1.46. The first-order chi connectivity index (χ1) is 14.2. The zero-order chi connectivity index (χ0) is 20.1. The average Bonchev–Trinajstić information content (AvgIpc) is 2.78. The molecule has 0 saturated heterocycles. The largest absolute Gasteiger partial charge is 0.365 e. The van der Waals surface area contributed by atoms with Crippen molar-refractivity contribution in [2.45, 2.75) is 24.3 Å². The molecule has 4 rings (SSSR count). The number of anilines is 1.